The summed E-state index contributed by atoms with van der Waals surface area (Å²) in [4.78, 5) is 11.1. The van der Waals surface area contributed by atoms with Crippen molar-refractivity contribution in [2.24, 2.45) is 17.3 Å². The van der Waals surface area contributed by atoms with Crippen LogP contribution in [0.1, 0.15) is 39.5 Å². The highest BCUT2D eigenvalue weighted by Gasteiger charge is 2.59. The van der Waals surface area contributed by atoms with Gasteiger partial charge < -0.3 is 0 Å². The van der Waals surface area contributed by atoms with Crippen molar-refractivity contribution in [1.82, 2.24) is 0 Å². The van der Waals surface area contributed by atoms with Gasteiger partial charge in [0, 0.05) is 5.92 Å². The fourth-order valence-electron chi connectivity index (χ4n) is 2.67. The molecule has 2 aliphatic carbocycles. The van der Waals surface area contributed by atoms with Gasteiger partial charge in [-0.1, -0.05) is 25.5 Å². The van der Waals surface area contributed by atoms with Crippen molar-refractivity contribution in [2.45, 2.75) is 39.5 Å². The largest absolute Gasteiger partial charge is 0.281 e. The van der Waals surface area contributed by atoms with Crippen molar-refractivity contribution in [3.8, 4) is 0 Å². The number of carbonyl (C=O) groups is 1. The van der Waals surface area contributed by atoms with Crippen LogP contribution in [0.25, 0.3) is 0 Å². The molecule has 0 saturated heterocycles. The number of hydrogen-bond donors (Lipinski definition) is 0. The Kier molecular flexibility index (Phi) is 2.46. The van der Waals surface area contributed by atoms with Gasteiger partial charge in [0.1, 0.15) is 0 Å². The standard InChI is InChI=1S/C12H17ClO/c1-12(2)9(10(12)11(13)14)7-8-5-3-4-6-8/h7,9-10H,3-6H2,1-2H3. The van der Waals surface area contributed by atoms with E-state index in [-0.39, 0.29) is 16.6 Å². The van der Waals surface area contributed by atoms with E-state index >= 15 is 0 Å². The Morgan fingerprint density at radius 2 is 2.00 bits per heavy atom. The van der Waals surface area contributed by atoms with Crippen molar-refractivity contribution in [3.63, 3.8) is 0 Å². The van der Waals surface area contributed by atoms with Gasteiger partial charge in [-0.2, -0.15) is 0 Å². The fraction of sp³-hybridized carbons (Fsp3) is 0.750. The lowest BCUT2D eigenvalue weighted by Crippen LogP contribution is -1.96. The molecule has 2 saturated carbocycles. The average Bonchev–Trinajstić information content (AvgIpc) is 2.50. The van der Waals surface area contributed by atoms with Crippen molar-refractivity contribution >= 4 is 16.8 Å². The van der Waals surface area contributed by atoms with Gasteiger partial charge in [-0.25, -0.2) is 0 Å². The van der Waals surface area contributed by atoms with Crippen LogP contribution < -0.4 is 0 Å². The first-order valence-electron chi connectivity index (χ1n) is 5.42. The van der Waals surface area contributed by atoms with Gasteiger partial charge in [0.2, 0.25) is 5.24 Å². The SMILES string of the molecule is CC1(C)C(C=C2CCCC2)C1C(=O)Cl. The molecule has 78 valence electrons. The maximum atomic E-state index is 11.1. The predicted molar refractivity (Wildman–Crippen MR) is 58.2 cm³/mol. The third-order valence-electron chi connectivity index (χ3n) is 3.82. The van der Waals surface area contributed by atoms with Crippen LogP contribution in [0, 0.1) is 17.3 Å². The van der Waals surface area contributed by atoms with E-state index in [1.807, 2.05) is 0 Å². The first-order chi connectivity index (χ1) is 6.53. The molecule has 14 heavy (non-hydrogen) atoms. The molecule has 0 aromatic rings. The normalized spacial score (nSPS) is 34.4. The van der Waals surface area contributed by atoms with E-state index < -0.39 is 0 Å². The Bertz CT molecular complexity index is 283. The molecule has 2 aliphatic rings. The summed E-state index contributed by atoms with van der Waals surface area (Å²) < 4.78 is 0. The highest BCUT2D eigenvalue weighted by Crippen LogP contribution is 2.60. The summed E-state index contributed by atoms with van der Waals surface area (Å²) >= 11 is 5.57. The number of halogens is 1. The van der Waals surface area contributed by atoms with Gasteiger partial charge in [-0.15, -0.1) is 0 Å². The maximum absolute atomic E-state index is 11.1. The third-order valence-corrected chi connectivity index (χ3v) is 4.05. The van der Waals surface area contributed by atoms with Gasteiger partial charge in [-0.05, 0) is 48.6 Å². The van der Waals surface area contributed by atoms with E-state index in [1.165, 1.54) is 25.7 Å². The zero-order valence-corrected chi connectivity index (χ0v) is 9.60. The molecule has 2 fully saturated rings. The molecular formula is C12H17ClO. The Labute approximate surface area is 90.5 Å². The second-order valence-electron chi connectivity index (χ2n) is 5.16. The number of hydrogen-bond acceptors (Lipinski definition) is 1. The number of rotatable bonds is 2. The van der Waals surface area contributed by atoms with Gasteiger partial charge in [-0.3, -0.25) is 4.79 Å². The molecule has 2 atom stereocenters. The molecule has 0 aromatic heterocycles. The lowest BCUT2D eigenvalue weighted by Gasteiger charge is -1.98. The van der Waals surface area contributed by atoms with Gasteiger partial charge in [0.15, 0.2) is 0 Å². The van der Waals surface area contributed by atoms with E-state index in [0.29, 0.717) is 5.92 Å². The van der Waals surface area contributed by atoms with Crippen LogP contribution in [0.15, 0.2) is 11.6 Å². The van der Waals surface area contributed by atoms with E-state index in [2.05, 4.69) is 19.9 Å². The number of allylic oxidation sites excluding steroid dienone is 2. The zero-order chi connectivity index (χ0) is 10.3. The molecule has 2 heteroatoms. The van der Waals surface area contributed by atoms with Crippen LogP contribution in [0.2, 0.25) is 0 Å². The van der Waals surface area contributed by atoms with Gasteiger partial charge in [0.25, 0.3) is 0 Å². The van der Waals surface area contributed by atoms with Crippen LogP contribution in [-0.2, 0) is 4.79 Å². The minimum Gasteiger partial charge on any atom is -0.281 e. The Balaban J connectivity index is 2.07. The summed E-state index contributed by atoms with van der Waals surface area (Å²) in [5.41, 5.74) is 1.65. The second kappa shape index (κ2) is 3.37. The van der Waals surface area contributed by atoms with E-state index in [9.17, 15) is 4.79 Å². The molecule has 1 nitrogen and oxygen atoms in total. The predicted octanol–water partition coefficient (Wildman–Crippen LogP) is 3.52. The quantitative estimate of drug-likeness (QED) is 0.506. The van der Waals surface area contributed by atoms with E-state index in [0.717, 1.165) is 0 Å². The van der Waals surface area contributed by atoms with Crippen LogP contribution in [0.3, 0.4) is 0 Å². The lowest BCUT2D eigenvalue weighted by atomic mass is 10.1. The molecule has 0 N–H and O–H groups in total. The first-order valence-corrected chi connectivity index (χ1v) is 5.80. The molecule has 0 amide bonds. The summed E-state index contributed by atoms with van der Waals surface area (Å²) in [7, 11) is 0. The number of carbonyl (C=O) groups excluding carboxylic acids is 1. The monoisotopic (exact) mass is 212 g/mol. The molecule has 2 rings (SSSR count). The maximum Gasteiger partial charge on any atom is 0.225 e. The molecule has 0 spiro atoms. The first kappa shape index (κ1) is 10.2. The second-order valence-corrected chi connectivity index (χ2v) is 5.53. The van der Waals surface area contributed by atoms with Crippen LogP contribution in [-0.4, -0.2) is 5.24 Å². The summed E-state index contributed by atoms with van der Waals surface area (Å²) in [6, 6.07) is 0. The summed E-state index contributed by atoms with van der Waals surface area (Å²) in [6.45, 7) is 4.27. The van der Waals surface area contributed by atoms with Crippen LogP contribution in [0.4, 0.5) is 0 Å². The molecule has 0 aliphatic heterocycles. The Morgan fingerprint density at radius 1 is 1.43 bits per heavy atom. The van der Waals surface area contributed by atoms with Crippen LogP contribution in [0.5, 0.6) is 0 Å². The minimum atomic E-state index is -0.158. The third kappa shape index (κ3) is 1.63. The Morgan fingerprint density at radius 3 is 2.43 bits per heavy atom. The molecule has 0 aromatic carbocycles. The molecular weight excluding hydrogens is 196 g/mol. The highest BCUT2D eigenvalue weighted by molar-refractivity contribution is 6.64. The van der Waals surface area contributed by atoms with Crippen molar-refractivity contribution in [1.29, 1.82) is 0 Å². The lowest BCUT2D eigenvalue weighted by molar-refractivity contribution is -0.113. The van der Waals surface area contributed by atoms with E-state index in [4.69, 9.17) is 11.6 Å². The molecule has 0 heterocycles. The molecule has 0 bridgehead atoms. The average molecular weight is 213 g/mol. The summed E-state index contributed by atoms with van der Waals surface area (Å²) in [5.74, 6) is 0.470. The van der Waals surface area contributed by atoms with Crippen LogP contribution >= 0.6 is 11.6 Å². The fourth-order valence-corrected chi connectivity index (χ4v) is 3.09. The highest BCUT2D eigenvalue weighted by atomic mass is 35.5. The van der Waals surface area contributed by atoms with Gasteiger partial charge in [0.05, 0.1) is 0 Å². The smallest absolute Gasteiger partial charge is 0.225 e. The van der Waals surface area contributed by atoms with E-state index in [1.54, 1.807) is 5.57 Å². The molecule has 2 unspecified atom stereocenters. The zero-order valence-electron chi connectivity index (χ0n) is 8.85. The Hall–Kier alpha value is -0.300. The summed E-state index contributed by atoms with van der Waals surface area (Å²) in [6.07, 6.45) is 7.42. The minimum absolute atomic E-state index is 0.0669. The summed E-state index contributed by atoms with van der Waals surface area (Å²) in [5, 5.41) is -0.158. The van der Waals surface area contributed by atoms with Crippen molar-refractivity contribution in [2.75, 3.05) is 0 Å². The molecule has 0 radical (unpaired) electrons. The topological polar surface area (TPSA) is 17.1 Å². The van der Waals surface area contributed by atoms with Crippen molar-refractivity contribution in [3.05, 3.63) is 11.6 Å². The van der Waals surface area contributed by atoms with Crippen molar-refractivity contribution < 1.29 is 4.79 Å². The van der Waals surface area contributed by atoms with Gasteiger partial charge >= 0.3 is 0 Å².